The molecule has 1 rings (SSSR count). The van der Waals surface area contributed by atoms with E-state index < -0.39 is 0 Å². The number of carbonyl (C=O) groups excluding carboxylic acids is 1. The van der Waals surface area contributed by atoms with Crippen LogP contribution in [0.5, 0.6) is 0 Å². The molecule has 1 fully saturated rings. The van der Waals surface area contributed by atoms with Crippen molar-refractivity contribution < 1.29 is 9.53 Å². The summed E-state index contributed by atoms with van der Waals surface area (Å²) in [6.45, 7) is 6.23. The van der Waals surface area contributed by atoms with Crippen molar-refractivity contribution in [2.24, 2.45) is 11.7 Å². The van der Waals surface area contributed by atoms with E-state index in [1.165, 1.54) is 6.47 Å². The summed E-state index contributed by atoms with van der Waals surface area (Å²) in [5.41, 5.74) is 5.50. The van der Waals surface area contributed by atoms with Gasteiger partial charge in [-0.15, -0.1) is 0 Å². The molecule has 5 nitrogen and oxygen atoms in total. The molecular weight excluding hydrogens is 218 g/mol. The number of nitrogens with zero attached hydrogens (tertiary/aromatic N) is 1. The summed E-state index contributed by atoms with van der Waals surface area (Å²) < 4.78 is 4.95. The maximum Gasteiger partial charge on any atom is 0.417 e. The fourth-order valence-corrected chi connectivity index (χ4v) is 2.29. The van der Waals surface area contributed by atoms with Crippen LogP contribution in [0, 0.1) is 11.3 Å². The average Bonchev–Trinajstić information content (AvgIpc) is 2.30. The van der Waals surface area contributed by atoms with Crippen LogP contribution < -0.4 is 5.73 Å². The second-order valence-electron chi connectivity index (χ2n) is 4.64. The molecule has 1 aliphatic rings. The van der Waals surface area contributed by atoms with Gasteiger partial charge in [-0.3, -0.25) is 10.3 Å². The normalized spacial score (nSPS) is 19.8. The Morgan fingerprint density at radius 1 is 1.59 bits per heavy atom. The molecule has 0 amide bonds. The monoisotopic (exact) mass is 240 g/mol. The second kappa shape index (κ2) is 7.27. The van der Waals surface area contributed by atoms with Crippen LogP contribution in [0.25, 0.3) is 0 Å². The molecular formula is C12H22N3O2. The lowest BCUT2D eigenvalue weighted by Gasteiger charge is -2.33. The quantitative estimate of drug-likeness (QED) is 0.511. The molecule has 3 N–H and O–H groups in total. The highest BCUT2D eigenvalue weighted by Gasteiger charge is 2.23. The van der Waals surface area contributed by atoms with Gasteiger partial charge in [0.15, 0.2) is 0 Å². The molecule has 1 unspecified atom stereocenters. The molecule has 0 aromatic carbocycles. The summed E-state index contributed by atoms with van der Waals surface area (Å²) in [5.74, 6) is 0.529. The van der Waals surface area contributed by atoms with Crippen molar-refractivity contribution >= 4 is 12.3 Å². The highest BCUT2D eigenvalue weighted by molar-refractivity contribution is 5.79. The minimum atomic E-state index is -0.0496. The maximum absolute atomic E-state index is 10.3. The Bertz CT molecular complexity index is 250. The summed E-state index contributed by atoms with van der Waals surface area (Å²) in [7, 11) is 0. The number of rotatable bonds is 7. The summed E-state index contributed by atoms with van der Waals surface area (Å²) in [6.07, 6.45) is 3.68. The molecule has 5 heteroatoms. The second-order valence-corrected chi connectivity index (χ2v) is 4.64. The SMILES string of the molecule is CCCC(CN1CCC(C(=N)N)CC1)O[C]=O. The molecule has 1 heterocycles. The van der Waals surface area contributed by atoms with Crippen LogP contribution in [0.3, 0.4) is 0 Å². The number of hydrogen-bond acceptors (Lipinski definition) is 4. The fourth-order valence-electron chi connectivity index (χ4n) is 2.29. The third kappa shape index (κ3) is 4.73. The Morgan fingerprint density at radius 2 is 2.24 bits per heavy atom. The van der Waals surface area contributed by atoms with Crippen molar-refractivity contribution in [1.29, 1.82) is 5.41 Å². The smallest absolute Gasteiger partial charge is 0.417 e. The van der Waals surface area contributed by atoms with Gasteiger partial charge in [0.2, 0.25) is 0 Å². The van der Waals surface area contributed by atoms with E-state index in [-0.39, 0.29) is 12.0 Å². The highest BCUT2D eigenvalue weighted by Crippen LogP contribution is 2.17. The molecule has 17 heavy (non-hydrogen) atoms. The summed E-state index contributed by atoms with van der Waals surface area (Å²) in [6, 6.07) is 0. The molecule has 1 aliphatic heterocycles. The van der Waals surface area contributed by atoms with Crippen LogP contribution >= 0.6 is 0 Å². The van der Waals surface area contributed by atoms with Crippen LogP contribution in [0.15, 0.2) is 0 Å². The zero-order valence-electron chi connectivity index (χ0n) is 10.4. The van der Waals surface area contributed by atoms with E-state index in [0.717, 1.165) is 45.3 Å². The summed E-state index contributed by atoms with van der Waals surface area (Å²) in [4.78, 5) is 12.5. The first-order valence-electron chi connectivity index (χ1n) is 6.26. The van der Waals surface area contributed by atoms with Crippen molar-refractivity contribution in [2.45, 2.75) is 38.7 Å². The van der Waals surface area contributed by atoms with Crippen molar-refractivity contribution in [1.82, 2.24) is 4.90 Å². The summed E-state index contributed by atoms with van der Waals surface area (Å²) in [5, 5.41) is 7.41. The number of amidine groups is 1. The predicted molar refractivity (Wildman–Crippen MR) is 66.6 cm³/mol. The number of nitrogens with one attached hydrogen (secondary N) is 1. The molecule has 1 radical (unpaired) electrons. The van der Waals surface area contributed by atoms with Gasteiger partial charge in [0.05, 0.1) is 5.84 Å². The lowest BCUT2D eigenvalue weighted by Crippen LogP contribution is -2.42. The van der Waals surface area contributed by atoms with Gasteiger partial charge < -0.3 is 10.5 Å². The van der Waals surface area contributed by atoms with Gasteiger partial charge >= 0.3 is 6.47 Å². The van der Waals surface area contributed by atoms with E-state index in [1.54, 1.807) is 0 Å². The van der Waals surface area contributed by atoms with Crippen LogP contribution in [0.2, 0.25) is 0 Å². The fraction of sp³-hybridized carbons (Fsp3) is 0.833. The Balaban J connectivity index is 2.32. The average molecular weight is 240 g/mol. The van der Waals surface area contributed by atoms with Gasteiger partial charge in [-0.1, -0.05) is 13.3 Å². The van der Waals surface area contributed by atoms with E-state index >= 15 is 0 Å². The maximum atomic E-state index is 10.3. The Labute approximate surface area is 103 Å². The standard InChI is InChI=1S/C12H22N3O2/c1-2-3-11(17-9-16)8-15-6-4-10(5-7-15)12(13)14/h10-11H,2-8H2,1H3,(H3,13,14). The van der Waals surface area contributed by atoms with Crippen molar-refractivity contribution in [3.8, 4) is 0 Å². The zero-order chi connectivity index (χ0) is 12.7. The number of likely N-dealkylation sites (tertiary alicyclic amines) is 1. The molecule has 0 aromatic rings. The topological polar surface area (TPSA) is 79.4 Å². The first kappa shape index (κ1) is 14.0. The van der Waals surface area contributed by atoms with Crippen LogP contribution in [0.4, 0.5) is 0 Å². The number of piperidine rings is 1. The molecule has 97 valence electrons. The molecule has 1 atom stereocenters. The van der Waals surface area contributed by atoms with Gasteiger partial charge in [-0.05, 0) is 32.4 Å². The summed E-state index contributed by atoms with van der Waals surface area (Å²) >= 11 is 0. The Kier molecular flexibility index (Phi) is 5.97. The lowest BCUT2D eigenvalue weighted by molar-refractivity contribution is 0.0946. The Morgan fingerprint density at radius 3 is 2.71 bits per heavy atom. The molecule has 0 bridgehead atoms. The largest absolute Gasteiger partial charge is 0.453 e. The van der Waals surface area contributed by atoms with Crippen LogP contribution in [0.1, 0.15) is 32.6 Å². The van der Waals surface area contributed by atoms with Crippen LogP contribution in [-0.2, 0) is 9.53 Å². The van der Waals surface area contributed by atoms with Gasteiger partial charge in [-0.2, -0.15) is 0 Å². The van der Waals surface area contributed by atoms with Gasteiger partial charge in [0.25, 0.3) is 0 Å². The number of ether oxygens (including phenoxy) is 1. The van der Waals surface area contributed by atoms with Crippen molar-refractivity contribution in [3.63, 3.8) is 0 Å². The van der Waals surface area contributed by atoms with E-state index in [1.807, 2.05) is 0 Å². The van der Waals surface area contributed by atoms with Gasteiger partial charge in [-0.25, -0.2) is 4.79 Å². The first-order chi connectivity index (χ1) is 8.17. The number of hydrogen-bond donors (Lipinski definition) is 2. The van der Waals surface area contributed by atoms with E-state index in [4.69, 9.17) is 15.9 Å². The van der Waals surface area contributed by atoms with E-state index in [0.29, 0.717) is 5.84 Å². The minimum Gasteiger partial charge on any atom is -0.453 e. The lowest BCUT2D eigenvalue weighted by atomic mass is 9.95. The molecule has 1 saturated heterocycles. The van der Waals surface area contributed by atoms with E-state index in [9.17, 15) is 4.79 Å². The Hall–Kier alpha value is -1.10. The number of nitrogens with two attached hydrogens (primary N) is 1. The first-order valence-corrected chi connectivity index (χ1v) is 6.26. The van der Waals surface area contributed by atoms with Crippen molar-refractivity contribution in [3.05, 3.63) is 0 Å². The third-order valence-electron chi connectivity index (χ3n) is 3.31. The molecule has 0 saturated carbocycles. The third-order valence-corrected chi connectivity index (χ3v) is 3.31. The highest BCUT2D eigenvalue weighted by atomic mass is 16.5. The van der Waals surface area contributed by atoms with Crippen LogP contribution in [-0.4, -0.2) is 42.9 Å². The van der Waals surface area contributed by atoms with E-state index in [2.05, 4.69) is 11.8 Å². The van der Waals surface area contributed by atoms with Crippen molar-refractivity contribution in [2.75, 3.05) is 19.6 Å². The zero-order valence-corrected chi connectivity index (χ0v) is 10.4. The molecule has 0 aromatic heterocycles. The van der Waals surface area contributed by atoms with Gasteiger partial charge in [0, 0.05) is 12.5 Å². The minimum absolute atomic E-state index is 0.0496. The molecule has 0 aliphatic carbocycles. The van der Waals surface area contributed by atoms with Gasteiger partial charge in [0.1, 0.15) is 6.10 Å². The predicted octanol–water partition coefficient (Wildman–Crippen LogP) is 0.887. The molecule has 0 spiro atoms.